The first-order chi connectivity index (χ1) is 9.56. The summed E-state index contributed by atoms with van der Waals surface area (Å²) in [4.78, 5) is 23.8. The molecule has 0 aliphatic heterocycles. The van der Waals surface area contributed by atoms with Crippen LogP contribution in [-0.4, -0.2) is 23.9 Å². The first kappa shape index (κ1) is 16.2. The van der Waals surface area contributed by atoms with Crippen molar-refractivity contribution in [1.82, 2.24) is 10.6 Å². The van der Waals surface area contributed by atoms with Gasteiger partial charge in [0.05, 0.1) is 0 Å². The van der Waals surface area contributed by atoms with E-state index in [0.29, 0.717) is 12.0 Å². The Morgan fingerprint density at radius 1 is 1.05 bits per heavy atom. The number of benzene rings is 1. The average molecular weight is 276 g/mol. The topological polar surface area (TPSA) is 58.2 Å². The molecule has 0 saturated heterocycles. The molecule has 0 saturated carbocycles. The molecule has 4 nitrogen and oxygen atoms in total. The van der Waals surface area contributed by atoms with Crippen molar-refractivity contribution in [3.63, 3.8) is 0 Å². The fourth-order valence-electron chi connectivity index (χ4n) is 2.01. The van der Waals surface area contributed by atoms with Crippen LogP contribution in [0.1, 0.15) is 50.4 Å². The number of rotatable bonds is 7. The molecule has 1 rings (SSSR count). The number of hydrogen-bond acceptors (Lipinski definition) is 2. The third-order valence-corrected chi connectivity index (χ3v) is 3.26. The summed E-state index contributed by atoms with van der Waals surface area (Å²) < 4.78 is 0. The minimum absolute atomic E-state index is 0.0143. The van der Waals surface area contributed by atoms with Crippen LogP contribution in [0.15, 0.2) is 30.3 Å². The lowest BCUT2D eigenvalue weighted by Gasteiger charge is -2.18. The van der Waals surface area contributed by atoms with E-state index in [0.717, 1.165) is 12.8 Å². The molecule has 1 aromatic rings. The third kappa shape index (κ3) is 5.43. The Kier molecular flexibility index (Phi) is 6.77. The molecule has 4 heteroatoms. The number of nitrogens with one attached hydrogen (secondary N) is 2. The summed E-state index contributed by atoms with van der Waals surface area (Å²) in [7, 11) is 0. The van der Waals surface area contributed by atoms with Gasteiger partial charge in [0.15, 0.2) is 0 Å². The molecule has 0 heterocycles. The molecule has 0 aromatic heterocycles. The van der Waals surface area contributed by atoms with Gasteiger partial charge >= 0.3 is 0 Å². The molecule has 0 aliphatic rings. The van der Waals surface area contributed by atoms with Gasteiger partial charge in [-0.15, -0.1) is 0 Å². The standard InChI is InChI=1S/C16H24N2O2/c1-4-14(5-2)18-15(19)11-12(3)17-16(20)13-9-7-6-8-10-13/h6-10,12,14H,4-5,11H2,1-3H3,(H,17,20)(H,18,19). The van der Waals surface area contributed by atoms with Gasteiger partial charge in [-0.2, -0.15) is 0 Å². The molecule has 1 unspecified atom stereocenters. The lowest BCUT2D eigenvalue weighted by atomic mass is 10.1. The van der Waals surface area contributed by atoms with Crippen LogP contribution in [0, 0.1) is 0 Å². The SMILES string of the molecule is CCC(CC)NC(=O)CC(C)NC(=O)c1ccccc1. The molecule has 0 bridgehead atoms. The lowest BCUT2D eigenvalue weighted by molar-refractivity contribution is -0.122. The van der Waals surface area contributed by atoms with E-state index in [1.165, 1.54) is 0 Å². The van der Waals surface area contributed by atoms with E-state index in [9.17, 15) is 9.59 Å². The van der Waals surface area contributed by atoms with Crippen LogP contribution >= 0.6 is 0 Å². The fraction of sp³-hybridized carbons (Fsp3) is 0.500. The zero-order valence-corrected chi connectivity index (χ0v) is 12.5. The summed E-state index contributed by atoms with van der Waals surface area (Å²) in [5.74, 6) is -0.159. The zero-order chi connectivity index (χ0) is 15.0. The summed E-state index contributed by atoms with van der Waals surface area (Å²) >= 11 is 0. The van der Waals surface area contributed by atoms with E-state index in [-0.39, 0.29) is 23.9 Å². The lowest BCUT2D eigenvalue weighted by Crippen LogP contribution is -2.40. The van der Waals surface area contributed by atoms with E-state index in [2.05, 4.69) is 24.5 Å². The highest BCUT2D eigenvalue weighted by Gasteiger charge is 2.14. The molecule has 110 valence electrons. The van der Waals surface area contributed by atoms with E-state index in [1.54, 1.807) is 12.1 Å². The van der Waals surface area contributed by atoms with Crippen molar-refractivity contribution in [2.24, 2.45) is 0 Å². The molecule has 0 aliphatic carbocycles. The summed E-state index contributed by atoms with van der Waals surface area (Å²) in [6.07, 6.45) is 2.15. The van der Waals surface area contributed by atoms with Gasteiger partial charge in [0.1, 0.15) is 0 Å². The maximum atomic E-state index is 11.9. The van der Waals surface area contributed by atoms with Gasteiger partial charge in [0.25, 0.3) is 5.91 Å². The van der Waals surface area contributed by atoms with Crippen molar-refractivity contribution in [3.8, 4) is 0 Å². The Hall–Kier alpha value is -1.84. The van der Waals surface area contributed by atoms with Gasteiger partial charge in [-0.3, -0.25) is 9.59 Å². The van der Waals surface area contributed by atoms with E-state index >= 15 is 0 Å². The van der Waals surface area contributed by atoms with E-state index < -0.39 is 0 Å². The van der Waals surface area contributed by atoms with Gasteiger partial charge < -0.3 is 10.6 Å². The second-order valence-electron chi connectivity index (χ2n) is 5.03. The quantitative estimate of drug-likeness (QED) is 0.804. The maximum absolute atomic E-state index is 11.9. The molecule has 0 spiro atoms. The highest BCUT2D eigenvalue weighted by Crippen LogP contribution is 2.02. The van der Waals surface area contributed by atoms with Gasteiger partial charge in [-0.1, -0.05) is 32.0 Å². The molecule has 20 heavy (non-hydrogen) atoms. The minimum Gasteiger partial charge on any atom is -0.353 e. The molecular formula is C16H24N2O2. The number of hydrogen-bond donors (Lipinski definition) is 2. The predicted octanol–water partition coefficient (Wildman–Crippen LogP) is 2.50. The van der Waals surface area contributed by atoms with Crippen LogP contribution in [0.3, 0.4) is 0 Å². The Labute approximate surface area is 121 Å². The molecule has 2 amide bonds. The smallest absolute Gasteiger partial charge is 0.251 e. The van der Waals surface area contributed by atoms with Crippen LogP contribution in [0.25, 0.3) is 0 Å². The molecule has 0 fully saturated rings. The Morgan fingerprint density at radius 3 is 2.20 bits per heavy atom. The van der Waals surface area contributed by atoms with Crippen molar-refractivity contribution in [3.05, 3.63) is 35.9 Å². The van der Waals surface area contributed by atoms with Crippen LogP contribution in [0.5, 0.6) is 0 Å². The van der Waals surface area contributed by atoms with Crippen molar-refractivity contribution in [2.75, 3.05) is 0 Å². The average Bonchev–Trinajstić information content (AvgIpc) is 2.45. The molecule has 1 atom stereocenters. The van der Waals surface area contributed by atoms with Crippen molar-refractivity contribution >= 4 is 11.8 Å². The second kappa shape index (κ2) is 8.35. The number of carbonyl (C=O) groups is 2. The number of amides is 2. The van der Waals surface area contributed by atoms with E-state index in [4.69, 9.17) is 0 Å². The first-order valence-electron chi connectivity index (χ1n) is 7.22. The zero-order valence-electron chi connectivity index (χ0n) is 12.5. The van der Waals surface area contributed by atoms with Gasteiger partial charge in [0.2, 0.25) is 5.91 Å². The maximum Gasteiger partial charge on any atom is 0.251 e. The first-order valence-corrected chi connectivity index (χ1v) is 7.22. The predicted molar refractivity (Wildman–Crippen MR) is 80.5 cm³/mol. The summed E-state index contributed by atoms with van der Waals surface area (Å²) in [6.45, 7) is 5.94. The molecule has 2 N–H and O–H groups in total. The highest BCUT2D eigenvalue weighted by molar-refractivity contribution is 5.94. The molecular weight excluding hydrogens is 252 g/mol. The van der Waals surface area contributed by atoms with Gasteiger partial charge in [-0.25, -0.2) is 0 Å². The normalized spacial score (nSPS) is 12.0. The Balaban J connectivity index is 2.41. The summed E-state index contributed by atoms with van der Waals surface area (Å²) in [6, 6.07) is 9.05. The van der Waals surface area contributed by atoms with Crippen LogP contribution < -0.4 is 10.6 Å². The number of carbonyl (C=O) groups excluding carboxylic acids is 2. The minimum atomic E-state index is -0.183. The van der Waals surface area contributed by atoms with Crippen LogP contribution in [0.4, 0.5) is 0 Å². The highest BCUT2D eigenvalue weighted by atomic mass is 16.2. The van der Waals surface area contributed by atoms with Crippen LogP contribution in [-0.2, 0) is 4.79 Å². The Bertz CT molecular complexity index is 427. The third-order valence-electron chi connectivity index (χ3n) is 3.26. The van der Waals surface area contributed by atoms with Gasteiger partial charge in [-0.05, 0) is 31.9 Å². The largest absolute Gasteiger partial charge is 0.353 e. The fourth-order valence-corrected chi connectivity index (χ4v) is 2.01. The van der Waals surface area contributed by atoms with Gasteiger partial charge in [0, 0.05) is 24.1 Å². The summed E-state index contributed by atoms with van der Waals surface area (Å²) in [5.41, 5.74) is 0.611. The van der Waals surface area contributed by atoms with Crippen LogP contribution in [0.2, 0.25) is 0 Å². The second-order valence-corrected chi connectivity index (χ2v) is 5.03. The summed E-state index contributed by atoms with van der Waals surface area (Å²) in [5, 5.41) is 5.81. The monoisotopic (exact) mass is 276 g/mol. The molecule has 1 aromatic carbocycles. The van der Waals surface area contributed by atoms with Crippen molar-refractivity contribution < 1.29 is 9.59 Å². The van der Waals surface area contributed by atoms with Crippen molar-refractivity contribution in [1.29, 1.82) is 0 Å². The Morgan fingerprint density at radius 2 is 1.65 bits per heavy atom. The van der Waals surface area contributed by atoms with Crippen molar-refractivity contribution in [2.45, 2.75) is 52.1 Å². The van der Waals surface area contributed by atoms with E-state index in [1.807, 2.05) is 25.1 Å². The molecule has 0 radical (unpaired) electrons.